The molecule has 2 aliphatic heterocycles. The van der Waals surface area contributed by atoms with Gasteiger partial charge >= 0.3 is 0 Å². The molecule has 6 nitrogen and oxygen atoms in total. The molecule has 9 heteroatoms. The van der Waals surface area contributed by atoms with Crippen molar-refractivity contribution < 1.29 is 13.9 Å². The van der Waals surface area contributed by atoms with Crippen LogP contribution in [0.15, 0.2) is 39.1 Å². The van der Waals surface area contributed by atoms with E-state index in [2.05, 4.69) is 17.2 Å². The van der Waals surface area contributed by atoms with Crippen molar-refractivity contribution in [1.82, 2.24) is 14.9 Å². The minimum absolute atomic E-state index is 0.0815. The predicted molar refractivity (Wildman–Crippen MR) is 112 cm³/mol. The van der Waals surface area contributed by atoms with Gasteiger partial charge in [0.05, 0.1) is 28.1 Å². The summed E-state index contributed by atoms with van der Waals surface area (Å²) in [5.74, 6) is -0.364. The van der Waals surface area contributed by atoms with Crippen molar-refractivity contribution >= 4 is 29.4 Å². The lowest BCUT2D eigenvalue weighted by Crippen LogP contribution is -2.33. The van der Waals surface area contributed by atoms with E-state index < -0.39 is 0 Å². The monoisotopic (exact) mass is 435 g/mol. The molecule has 2 aromatic rings. The lowest BCUT2D eigenvalue weighted by atomic mass is 10.2. The molecule has 1 aromatic carbocycles. The van der Waals surface area contributed by atoms with Crippen LogP contribution in [0.3, 0.4) is 0 Å². The molecular weight excluding hydrogens is 413 g/mol. The van der Waals surface area contributed by atoms with E-state index in [0.29, 0.717) is 22.3 Å². The summed E-state index contributed by atoms with van der Waals surface area (Å²) < 4.78 is 20.4. The van der Waals surface area contributed by atoms with Gasteiger partial charge in [-0.15, -0.1) is 11.8 Å². The Hall–Kier alpha value is -1.84. The number of aromatic nitrogens is 2. The van der Waals surface area contributed by atoms with Crippen molar-refractivity contribution in [2.45, 2.75) is 47.6 Å². The topological polar surface area (TPSA) is 73.2 Å². The summed E-state index contributed by atoms with van der Waals surface area (Å²) in [6.07, 6.45) is 2.78. The van der Waals surface area contributed by atoms with Gasteiger partial charge in [0, 0.05) is 24.8 Å². The quantitative estimate of drug-likeness (QED) is 0.556. The fourth-order valence-electron chi connectivity index (χ4n) is 3.43. The number of hydrogen-bond donors (Lipinski definition) is 1. The molecule has 1 fully saturated rings. The second-order valence-electron chi connectivity index (χ2n) is 7.15. The second-order valence-corrected chi connectivity index (χ2v) is 9.54. The highest BCUT2D eigenvalue weighted by molar-refractivity contribution is 8.00. The number of hydrogen-bond acceptors (Lipinski definition) is 6. The predicted octanol–water partition coefficient (Wildman–Crippen LogP) is 2.80. The molecule has 2 aliphatic rings. The Morgan fingerprint density at radius 3 is 2.93 bits per heavy atom. The summed E-state index contributed by atoms with van der Waals surface area (Å²) in [5, 5.41) is 3.61. The summed E-state index contributed by atoms with van der Waals surface area (Å²) in [7, 11) is 0. The summed E-state index contributed by atoms with van der Waals surface area (Å²) >= 11 is 2.73. The Kier molecular flexibility index (Phi) is 6.26. The second kappa shape index (κ2) is 8.89. The number of benzene rings is 1. The summed E-state index contributed by atoms with van der Waals surface area (Å²) in [6.45, 7) is 3.30. The average molecular weight is 436 g/mol. The van der Waals surface area contributed by atoms with Crippen LogP contribution in [0.2, 0.25) is 0 Å². The third-order valence-corrected chi connectivity index (χ3v) is 7.00. The molecule has 0 bridgehead atoms. The number of thioether (sulfide) groups is 2. The molecule has 0 aliphatic carbocycles. The maximum Gasteiger partial charge on any atom is 0.272 e. The van der Waals surface area contributed by atoms with Gasteiger partial charge in [-0.2, -0.15) is 0 Å². The van der Waals surface area contributed by atoms with Gasteiger partial charge in [-0.25, -0.2) is 9.37 Å². The molecule has 1 saturated heterocycles. The number of amides is 1. The third-order valence-electron chi connectivity index (χ3n) is 4.85. The number of fused-ring (bicyclic) bond motifs is 1. The van der Waals surface area contributed by atoms with Crippen molar-refractivity contribution in [1.29, 1.82) is 0 Å². The average Bonchev–Trinajstić information content (AvgIpc) is 3.35. The lowest BCUT2D eigenvalue weighted by Gasteiger charge is -2.14. The van der Waals surface area contributed by atoms with Gasteiger partial charge < -0.3 is 10.1 Å². The highest BCUT2D eigenvalue weighted by atomic mass is 32.2. The van der Waals surface area contributed by atoms with E-state index in [1.807, 2.05) is 0 Å². The molecule has 1 amide bonds. The number of nitrogens with one attached hydrogen (secondary N) is 1. The fraction of sp³-hybridized carbons (Fsp3) is 0.450. The SMILES string of the molecule is C[C@H]1Cc2nc(SCC(=O)NC[C@@H]3CCCO3)n(-c3ccc(F)cc3)c(=O)c2S1. The normalized spacial score (nSPS) is 20.6. The smallest absolute Gasteiger partial charge is 0.272 e. The van der Waals surface area contributed by atoms with Gasteiger partial charge in [0.2, 0.25) is 5.91 Å². The summed E-state index contributed by atoms with van der Waals surface area (Å²) in [4.78, 5) is 30.7. The lowest BCUT2D eigenvalue weighted by molar-refractivity contribution is -0.119. The number of ether oxygens (including phenoxy) is 1. The van der Waals surface area contributed by atoms with Crippen LogP contribution >= 0.6 is 23.5 Å². The van der Waals surface area contributed by atoms with Crippen molar-refractivity contribution in [3.8, 4) is 5.69 Å². The molecule has 2 atom stereocenters. The molecule has 0 unspecified atom stereocenters. The van der Waals surface area contributed by atoms with E-state index in [0.717, 1.165) is 31.6 Å². The minimum Gasteiger partial charge on any atom is -0.376 e. The van der Waals surface area contributed by atoms with Crippen LogP contribution in [-0.2, 0) is 16.0 Å². The molecule has 1 aromatic heterocycles. The first-order valence-corrected chi connectivity index (χ1v) is 11.5. The number of carbonyl (C=O) groups excluding carboxylic acids is 1. The molecule has 29 heavy (non-hydrogen) atoms. The van der Waals surface area contributed by atoms with E-state index in [1.165, 1.54) is 40.2 Å². The van der Waals surface area contributed by atoms with Gasteiger partial charge in [0.25, 0.3) is 5.56 Å². The molecule has 0 radical (unpaired) electrons. The molecule has 3 heterocycles. The highest BCUT2D eigenvalue weighted by Crippen LogP contribution is 2.34. The van der Waals surface area contributed by atoms with Crippen molar-refractivity contribution in [2.75, 3.05) is 18.9 Å². The van der Waals surface area contributed by atoms with Gasteiger partial charge in [-0.3, -0.25) is 14.2 Å². The summed E-state index contributed by atoms with van der Waals surface area (Å²) in [5.41, 5.74) is 1.14. The molecule has 4 rings (SSSR count). The zero-order valence-electron chi connectivity index (χ0n) is 16.0. The van der Waals surface area contributed by atoms with Crippen LogP contribution < -0.4 is 10.9 Å². The Bertz CT molecular complexity index is 959. The first-order valence-electron chi connectivity index (χ1n) is 9.61. The maximum atomic E-state index is 13.4. The van der Waals surface area contributed by atoms with Crippen molar-refractivity contribution in [2.24, 2.45) is 0 Å². The Balaban J connectivity index is 1.55. The van der Waals surface area contributed by atoms with Gasteiger partial charge in [0.15, 0.2) is 5.16 Å². The van der Waals surface area contributed by atoms with E-state index >= 15 is 0 Å². The number of carbonyl (C=O) groups is 1. The van der Waals surface area contributed by atoms with E-state index in [9.17, 15) is 14.0 Å². The first kappa shape index (κ1) is 20.4. The van der Waals surface area contributed by atoms with Crippen molar-refractivity contribution in [3.05, 3.63) is 46.1 Å². The van der Waals surface area contributed by atoms with Gasteiger partial charge in [0.1, 0.15) is 5.82 Å². The zero-order valence-corrected chi connectivity index (χ0v) is 17.7. The van der Waals surface area contributed by atoms with E-state index in [1.54, 1.807) is 12.1 Å². The first-order chi connectivity index (χ1) is 14.0. The van der Waals surface area contributed by atoms with Crippen LogP contribution in [0.4, 0.5) is 4.39 Å². The largest absolute Gasteiger partial charge is 0.376 e. The standard InChI is InChI=1S/C20H22FN3O3S2/c1-12-9-16-18(29-12)19(26)24(14-6-4-13(21)5-7-14)20(23-16)28-11-17(25)22-10-15-3-2-8-27-15/h4-7,12,15H,2-3,8-11H2,1H3,(H,22,25)/t12-,15-/m0/s1. The maximum absolute atomic E-state index is 13.4. The number of nitrogens with zero attached hydrogens (tertiary/aromatic N) is 2. The Morgan fingerprint density at radius 2 is 2.21 bits per heavy atom. The summed E-state index contributed by atoms with van der Waals surface area (Å²) in [6, 6.07) is 5.73. The van der Waals surface area contributed by atoms with Gasteiger partial charge in [-0.1, -0.05) is 18.7 Å². The zero-order chi connectivity index (χ0) is 20.4. The fourth-order valence-corrected chi connectivity index (χ4v) is 5.38. The van der Waals surface area contributed by atoms with Crippen LogP contribution in [-0.4, -0.2) is 45.7 Å². The van der Waals surface area contributed by atoms with Crippen LogP contribution in [0.1, 0.15) is 25.5 Å². The molecular formula is C20H22FN3O3S2. The Morgan fingerprint density at radius 1 is 1.41 bits per heavy atom. The van der Waals surface area contributed by atoms with E-state index in [4.69, 9.17) is 4.74 Å². The van der Waals surface area contributed by atoms with Crippen LogP contribution in [0.25, 0.3) is 5.69 Å². The minimum atomic E-state index is -0.373. The van der Waals surface area contributed by atoms with E-state index in [-0.39, 0.29) is 34.4 Å². The molecule has 0 saturated carbocycles. The number of halogens is 1. The molecule has 0 spiro atoms. The molecule has 1 N–H and O–H groups in total. The van der Waals surface area contributed by atoms with Crippen LogP contribution in [0.5, 0.6) is 0 Å². The number of rotatable bonds is 6. The highest BCUT2D eigenvalue weighted by Gasteiger charge is 2.27. The van der Waals surface area contributed by atoms with Gasteiger partial charge in [-0.05, 0) is 37.1 Å². The van der Waals surface area contributed by atoms with Crippen LogP contribution in [0, 0.1) is 5.82 Å². The van der Waals surface area contributed by atoms with Crippen molar-refractivity contribution in [3.63, 3.8) is 0 Å². The molecule has 154 valence electrons. The third kappa shape index (κ3) is 4.67. The Labute approximate surface area is 176 Å².